The Hall–Kier alpha value is -2.13. The highest BCUT2D eigenvalue weighted by Gasteiger charge is 2.40. The molecular formula is C22H26N2O. The second-order valence-electron chi connectivity index (χ2n) is 7.74. The monoisotopic (exact) mass is 334 g/mol. The van der Waals surface area contributed by atoms with E-state index >= 15 is 0 Å². The van der Waals surface area contributed by atoms with E-state index in [0.29, 0.717) is 0 Å². The van der Waals surface area contributed by atoms with Gasteiger partial charge in [-0.15, -0.1) is 0 Å². The van der Waals surface area contributed by atoms with Gasteiger partial charge in [0.05, 0.1) is 0 Å². The number of nitrogens with one attached hydrogen (secondary N) is 1. The van der Waals surface area contributed by atoms with Gasteiger partial charge in [-0.05, 0) is 60.5 Å². The van der Waals surface area contributed by atoms with Gasteiger partial charge >= 0.3 is 0 Å². The molecular weight excluding hydrogens is 308 g/mol. The summed E-state index contributed by atoms with van der Waals surface area (Å²) in [4.78, 5) is 14.1. The molecule has 0 unspecified atom stereocenters. The Balaban J connectivity index is 1.41. The molecule has 1 amide bonds. The van der Waals surface area contributed by atoms with Crippen LogP contribution in [0.15, 0.2) is 48.5 Å². The van der Waals surface area contributed by atoms with Crippen molar-refractivity contribution in [2.24, 2.45) is 5.41 Å². The van der Waals surface area contributed by atoms with Gasteiger partial charge in [0.15, 0.2) is 0 Å². The average molecular weight is 334 g/mol. The summed E-state index contributed by atoms with van der Waals surface area (Å²) in [7, 11) is 0. The molecule has 2 fully saturated rings. The Labute approximate surface area is 150 Å². The number of piperidine rings is 1. The lowest BCUT2D eigenvalue weighted by atomic mass is 9.77. The van der Waals surface area contributed by atoms with Crippen molar-refractivity contribution >= 4 is 5.91 Å². The van der Waals surface area contributed by atoms with E-state index in [-0.39, 0.29) is 11.3 Å². The van der Waals surface area contributed by atoms with Crippen LogP contribution in [-0.2, 0) is 11.3 Å². The minimum atomic E-state index is 0.236. The molecule has 4 rings (SSSR count). The molecule has 0 aliphatic carbocycles. The molecule has 0 saturated carbocycles. The van der Waals surface area contributed by atoms with E-state index < -0.39 is 0 Å². The van der Waals surface area contributed by atoms with Gasteiger partial charge in [-0.25, -0.2) is 0 Å². The fourth-order valence-electron chi connectivity index (χ4n) is 4.22. The van der Waals surface area contributed by atoms with Crippen LogP contribution in [0.3, 0.4) is 0 Å². The number of carbonyl (C=O) groups excluding carboxylic acids is 1. The summed E-state index contributed by atoms with van der Waals surface area (Å²) >= 11 is 0. The number of nitrogens with zero attached hydrogens (tertiary/aromatic N) is 1. The average Bonchev–Trinajstić information content (AvgIpc) is 3.00. The van der Waals surface area contributed by atoms with Crippen LogP contribution in [0.4, 0.5) is 0 Å². The normalized spacial score (nSPS) is 20.0. The molecule has 1 N–H and O–H groups in total. The van der Waals surface area contributed by atoms with E-state index in [1.807, 2.05) is 0 Å². The van der Waals surface area contributed by atoms with E-state index in [2.05, 4.69) is 65.7 Å². The van der Waals surface area contributed by atoms with E-state index in [9.17, 15) is 4.79 Å². The molecule has 2 heterocycles. The van der Waals surface area contributed by atoms with Crippen LogP contribution in [-0.4, -0.2) is 30.4 Å². The third-order valence-corrected chi connectivity index (χ3v) is 5.96. The molecule has 0 aromatic heterocycles. The zero-order valence-corrected chi connectivity index (χ0v) is 14.9. The highest BCUT2D eigenvalue weighted by molar-refractivity contribution is 5.79. The predicted octanol–water partition coefficient (Wildman–Crippen LogP) is 3.76. The Bertz CT molecular complexity index is 761. The lowest BCUT2D eigenvalue weighted by Gasteiger charge is -2.38. The molecule has 2 aromatic carbocycles. The highest BCUT2D eigenvalue weighted by Crippen LogP contribution is 2.38. The maximum absolute atomic E-state index is 11.6. The van der Waals surface area contributed by atoms with Crippen LogP contribution in [0, 0.1) is 12.3 Å². The first-order valence-electron chi connectivity index (χ1n) is 9.28. The maximum atomic E-state index is 11.6. The summed E-state index contributed by atoms with van der Waals surface area (Å²) in [6, 6.07) is 17.4. The van der Waals surface area contributed by atoms with E-state index in [1.165, 1.54) is 22.3 Å². The number of benzene rings is 2. The van der Waals surface area contributed by atoms with Gasteiger partial charge in [-0.1, -0.05) is 48.5 Å². The molecule has 0 bridgehead atoms. The van der Waals surface area contributed by atoms with Gasteiger partial charge in [0.1, 0.15) is 0 Å². The Morgan fingerprint density at radius 3 is 2.44 bits per heavy atom. The molecule has 130 valence electrons. The predicted molar refractivity (Wildman–Crippen MR) is 101 cm³/mol. The quantitative estimate of drug-likeness (QED) is 0.927. The molecule has 2 aromatic rings. The van der Waals surface area contributed by atoms with Gasteiger partial charge < -0.3 is 5.32 Å². The number of amides is 1. The first kappa shape index (κ1) is 16.3. The van der Waals surface area contributed by atoms with E-state index in [0.717, 1.165) is 45.4 Å². The summed E-state index contributed by atoms with van der Waals surface area (Å²) in [6.45, 7) is 6.29. The minimum Gasteiger partial charge on any atom is -0.356 e. The van der Waals surface area contributed by atoms with Crippen molar-refractivity contribution in [3.05, 3.63) is 59.7 Å². The molecule has 1 spiro atoms. The van der Waals surface area contributed by atoms with Crippen molar-refractivity contribution in [2.75, 3.05) is 19.6 Å². The van der Waals surface area contributed by atoms with Gasteiger partial charge in [-0.3, -0.25) is 9.69 Å². The molecule has 2 saturated heterocycles. The van der Waals surface area contributed by atoms with E-state index in [4.69, 9.17) is 0 Å². The first-order chi connectivity index (χ1) is 12.1. The SMILES string of the molecule is Cc1cc(-c2ccccc2)ccc1CN1CCC2(CC1)CNC(=O)C2. The van der Waals surface area contributed by atoms with Crippen molar-refractivity contribution < 1.29 is 4.79 Å². The van der Waals surface area contributed by atoms with Gasteiger partial charge in [0, 0.05) is 19.5 Å². The van der Waals surface area contributed by atoms with Gasteiger partial charge in [0.25, 0.3) is 0 Å². The number of aryl methyl sites for hydroxylation is 1. The number of rotatable bonds is 3. The zero-order valence-electron chi connectivity index (χ0n) is 14.9. The number of hydrogen-bond acceptors (Lipinski definition) is 2. The van der Waals surface area contributed by atoms with Gasteiger partial charge in [-0.2, -0.15) is 0 Å². The number of likely N-dealkylation sites (tertiary alicyclic amines) is 1. The lowest BCUT2D eigenvalue weighted by molar-refractivity contribution is -0.119. The zero-order chi connectivity index (χ0) is 17.3. The van der Waals surface area contributed by atoms with Crippen molar-refractivity contribution in [1.82, 2.24) is 10.2 Å². The summed E-state index contributed by atoms with van der Waals surface area (Å²) < 4.78 is 0. The lowest BCUT2D eigenvalue weighted by Crippen LogP contribution is -2.40. The fourth-order valence-corrected chi connectivity index (χ4v) is 4.22. The standard InChI is InChI=1S/C22H26N2O/c1-17-13-19(18-5-3-2-4-6-18)7-8-20(17)15-24-11-9-22(10-12-24)14-21(25)23-16-22/h2-8,13H,9-12,14-16H2,1H3,(H,23,25). The second-order valence-corrected chi connectivity index (χ2v) is 7.74. The van der Waals surface area contributed by atoms with E-state index in [1.54, 1.807) is 0 Å². The second kappa shape index (κ2) is 6.64. The van der Waals surface area contributed by atoms with Crippen LogP contribution in [0.1, 0.15) is 30.4 Å². The van der Waals surface area contributed by atoms with Gasteiger partial charge in [0.2, 0.25) is 5.91 Å². The molecule has 3 nitrogen and oxygen atoms in total. The summed E-state index contributed by atoms with van der Waals surface area (Å²) in [6.07, 6.45) is 2.99. The molecule has 0 radical (unpaired) electrons. The van der Waals surface area contributed by atoms with Crippen molar-refractivity contribution in [3.8, 4) is 11.1 Å². The molecule has 2 aliphatic rings. The topological polar surface area (TPSA) is 32.3 Å². The van der Waals surface area contributed by atoms with Crippen molar-refractivity contribution in [3.63, 3.8) is 0 Å². The maximum Gasteiger partial charge on any atom is 0.220 e. The number of hydrogen-bond donors (Lipinski definition) is 1. The molecule has 3 heteroatoms. The van der Waals surface area contributed by atoms with Crippen LogP contribution in [0.25, 0.3) is 11.1 Å². The van der Waals surface area contributed by atoms with Crippen molar-refractivity contribution in [2.45, 2.75) is 32.7 Å². The first-order valence-corrected chi connectivity index (χ1v) is 9.28. The Morgan fingerprint density at radius 1 is 1.04 bits per heavy atom. The Morgan fingerprint density at radius 2 is 1.80 bits per heavy atom. The Kier molecular flexibility index (Phi) is 4.34. The number of carbonyl (C=O) groups is 1. The summed E-state index contributed by atoms with van der Waals surface area (Å²) in [5.74, 6) is 0.237. The van der Waals surface area contributed by atoms with Crippen LogP contribution >= 0.6 is 0 Å². The highest BCUT2D eigenvalue weighted by atomic mass is 16.1. The summed E-state index contributed by atoms with van der Waals surface area (Å²) in [5, 5.41) is 3.02. The third kappa shape index (κ3) is 3.47. The van der Waals surface area contributed by atoms with Crippen LogP contribution < -0.4 is 5.32 Å². The molecule has 0 atom stereocenters. The largest absolute Gasteiger partial charge is 0.356 e. The minimum absolute atomic E-state index is 0.236. The van der Waals surface area contributed by atoms with Crippen LogP contribution in [0.2, 0.25) is 0 Å². The molecule has 2 aliphatic heterocycles. The summed E-state index contributed by atoms with van der Waals surface area (Å²) in [5.41, 5.74) is 5.57. The molecule has 25 heavy (non-hydrogen) atoms. The van der Waals surface area contributed by atoms with Crippen molar-refractivity contribution in [1.29, 1.82) is 0 Å². The van der Waals surface area contributed by atoms with Crippen LogP contribution in [0.5, 0.6) is 0 Å². The fraction of sp³-hybridized carbons (Fsp3) is 0.409. The third-order valence-electron chi connectivity index (χ3n) is 5.96. The smallest absolute Gasteiger partial charge is 0.220 e.